The quantitative estimate of drug-likeness (QED) is 0.299. The number of carbonyl (C=O) groups is 2. The van der Waals surface area contributed by atoms with E-state index in [-0.39, 0.29) is 30.9 Å². The van der Waals surface area contributed by atoms with Crippen LogP contribution in [-0.4, -0.2) is 57.2 Å². The molecule has 11 nitrogen and oxygen atoms in total. The lowest BCUT2D eigenvalue weighted by Gasteiger charge is -2.30. The summed E-state index contributed by atoms with van der Waals surface area (Å²) in [5, 5.41) is 17.7. The van der Waals surface area contributed by atoms with Gasteiger partial charge in [-0.15, -0.1) is 21.5 Å². The standard InChI is InChI=1S/C27H30N6O5S/c1-36-21-12-11-18(15-22(21)37-2)26-29-31-33(30-26)17-24(34)32(16-20-9-5-13-38-20)25(23-10-6-14-39-23)27(35)28-19-7-3-4-8-19/h5-6,9-15,19,25H,3-4,7-8,16-17H2,1-2H3,(H,28,35)/t25-/m1/s1. The van der Waals surface area contributed by atoms with Crippen LogP contribution in [0.1, 0.15) is 42.4 Å². The highest BCUT2D eigenvalue weighted by molar-refractivity contribution is 7.10. The summed E-state index contributed by atoms with van der Waals surface area (Å²) in [5.41, 5.74) is 0.659. The van der Waals surface area contributed by atoms with Gasteiger partial charge in [0.2, 0.25) is 17.6 Å². The molecule has 3 aromatic heterocycles. The Hall–Kier alpha value is -4.19. The molecule has 0 unspecified atom stereocenters. The molecule has 2 amide bonds. The van der Waals surface area contributed by atoms with Crippen LogP contribution in [0.2, 0.25) is 0 Å². The number of thiophene rings is 1. The lowest BCUT2D eigenvalue weighted by atomic mass is 10.1. The molecule has 3 heterocycles. The zero-order valence-electron chi connectivity index (χ0n) is 21.8. The van der Waals surface area contributed by atoms with Crippen molar-refractivity contribution in [2.45, 2.75) is 50.9 Å². The predicted octanol–water partition coefficient (Wildman–Crippen LogP) is 3.84. The maximum absolute atomic E-state index is 13.8. The first-order chi connectivity index (χ1) is 19.1. The Balaban J connectivity index is 1.40. The fourth-order valence-corrected chi connectivity index (χ4v) is 5.56. The fourth-order valence-electron chi connectivity index (χ4n) is 4.73. The van der Waals surface area contributed by atoms with E-state index in [1.54, 1.807) is 50.8 Å². The number of ether oxygens (including phenoxy) is 2. The largest absolute Gasteiger partial charge is 0.493 e. The molecule has 1 aliphatic carbocycles. The Morgan fingerprint density at radius 3 is 2.67 bits per heavy atom. The van der Waals surface area contributed by atoms with E-state index in [1.165, 1.54) is 21.0 Å². The van der Waals surface area contributed by atoms with Gasteiger partial charge in [0, 0.05) is 16.5 Å². The molecule has 1 saturated carbocycles. The monoisotopic (exact) mass is 550 g/mol. The molecule has 39 heavy (non-hydrogen) atoms. The molecular formula is C27H30N6O5S. The zero-order chi connectivity index (χ0) is 27.2. The number of carbonyl (C=O) groups excluding carboxylic acids is 2. The number of benzene rings is 1. The van der Waals surface area contributed by atoms with Crippen LogP contribution in [0.15, 0.2) is 58.5 Å². The van der Waals surface area contributed by atoms with Gasteiger partial charge in [0.25, 0.3) is 0 Å². The Bertz CT molecular complexity index is 1380. The molecule has 0 saturated heterocycles. The fraction of sp³-hybridized carbons (Fsp3) is 0.370. The Labute approximate surface area is 229 Å². The van der Waals surface area contributed by atoms with Crippen LogP contribution in [-0.2, 0) is 22.7 Å². The van der Waals surface area contributed by atoms with E-state index in [0.29, 0.717) is 28.6 Å². The molecule has 1 aliphatic rings. The van der Waals surface area contributed by atoms with Crippen molar-refractivity contribution in [3.63, 3.8) is 0 Å². The minimum absolute atomic E-state index is 0.113. The smallest absolute Gasteiger partial charge is 0.248 e. The topological polar surface area (TPSA) is 125 Å². The molecule has 0 bridgehead atoms. The Morgan fingerprint density at radius 1 is 1.15 bits per heavy atom. The number of tetrazole rings is 1. The molecule has 1 atom stereocenters. The van der Waals surface area contributed by atoms with Gasteiger partial charge in [0.15, 0.2) is 11.5 Å². The first-order valence-electron chi connectivity index (χ1n) is 12.7. The highest BCUT2D eigenvalue weighted by Crippen LogP contribution is 2.31. The van der Waals surface area contributed by atoms with Gasteiger partial charge in [-0.25, -0.2) is 0 Å². The minimum atomic E-state index is -0.822. The van der Waals surface area contributed by atoms with E-state index in [0.717, 1.165) is 30.6 Å². The second kappa shape index (κ2) is 12.1. The van der Waals surface area contributed by atoms with Gasteiger partial charge in [-0.2, -0.15) is 4.80 Å². The summed E-state index contributed by atoms with van der Waals surface area (Å²) in [4.78, 5) is 30.9. The van der Waals surface area contributed by atoms with Gasteiger partial charge in [-0.05, 0) is 59.8 Å². The van der Waals surface area contributed by atoms with Gasteiger partial charge in [0.1, 0.15) is 18.3 Å². The average Bonchev–Trinajstić information content (AvgIpc) is 3.77. The number of aromatic nitrogens is 4. The van der Waals surface area contributed by atoms with Crippen LogP contribution in [0.3, 0.4) is 0 Å². The van der Waals surface area contributed by atoms with Gasteiger partial charge in [0.05, 0.1) is 27.0 Å². The molecule has 1 fully saturated rings. The molecule has 5 rings (SSSR count). The molecule has 1 N–H and O–H groups in total. The highest BCUT2D eigenvalue weighted by Gasteiger charge is 2.34. The predicted molar refractivity (Wildman–Crippen MR) is 143 cm³/mol. The normalized spacial score (nSPS) is 14.2. The van der Waals surface area contributed by atoms with Gasteiger partial charge in [-0.1, -0.05) is 18.9 Å². The van der Waals surface area contributed by atoms with Gasteiger partial charge in [-0.3, -0.25) is 9.59 Å². The Morgan fingerprint density at radius 2 is 1.97 bits per heavy atom. The summed E-state index contributed by atoms with van der Waals surface area (Å²) in [6, 6.07) is 11.8. The van der Waals surface area contributed by atoms with Crippen molar-refractivity contribution in [3.05, 3.63) is 64.7 Å². The maximum atomic E-state index is 13.8. The summed E-state index contributed by atoms with van der Waals surface area (Å²) in [6.45, 7) is -0.0939. The summed E-state index contributed by atoms with van der Waals surface area (Å²) in [7, 11) is 3.11. The van der Waals surface area contributed by atoms with Crippen LogP contribution >= 0.6 is 11.3 Å². The summed E-state index contributed by atoms with van der Waals surface area (Å²) in [5.74, 6) is 1.45. The van der Waals surface area contributed by atoms with Gasteiger partial charge >= 0.3 is 0 Å². The number of methoxy groups -OCH3 is 2. The molecular weight excluding hydrogens is 520 g/mol. The molecule has 12 heteroatoms. The number of furan rings is 1. The van der Waals surface area contributed by atoms with Crippen LogP contribution in [0, 0.1) is 0 Å². The molecule has 0 spiro atoms. The third-order valence-corrected chi connectivity index (χ3v) is 7.60. The molecule has 204 valence electrons. The zero-order valence-corrected chi connectivity index (χ0v) is 22.6. The van der Waals surface area contributed by atoms with E-state index in [2.05, 4.69) is 20.7 Å². The molecule has 0 aliphatic heterocycles. The van der Waals surface area contributed by atoms with Crippen molar-refractivity contribution in [3.8, 4) is 22.9 Å². The summed E-state index contributed by atoms with van der Waals surface area (Å²) >= 11 is 1.43. The lowest BCUT2D eigenvalue weighted by Crippen LogP contribution is -2.46. The van der Waals surface area contributed by atoms with Gasteiger partial charge < -0.3 is 24.1 Å². The van der Waals surface area contributed by atoms with E-state index in [4.69, 9.17) is 13.9 Å². The van der Waals surface area contributed by atoms with E-state index in [9.17, 15) is 9.59 Å². The molecule has 0 radical (unpaired) electrons. The van der Waals surface area contributed by atoms with Crippen molar-refractivity contribution >= 4 is 23.2 Å². The van der Waals surface area contributed by atoms with Crippen molar-refractivity contribution in [2.75, 3.05) is 14.2 Å². The van der Waals surface area contributed by atoms with E-state index >= 15 is 0 Å². The van der Waals surface area contributed by atoms with Crippen LogP contribution < -0.4 is 14.8 Å². The molecule has 1 aromatic carbocycles. The van der Waals surface area contributed by atoms with Crippen LogP contribution in [0.5, 0.6) is 11.5 Å². The number of nitrogens with zero attached hydrogens (tertiary/aromatic N) is 5. The number of rotatable bonds is 11. The number of hydrogen-bond donors (Lipinski definition) is 1. The number of hydrogen-bond acceptors (Lipinski definition) is 9. The second-order valence-electron chi connectivity index (χ2n) is 9.22. The van der Waals surface area contributed by atoms with Crippen molar-refractivity contribution in [2.24, 2.45) is 0 Å². The van der Waals surface area contributed by atoms with Crippen molar-refractivity contribution in [1.29, 1.82) is 0 Å². The first kappa shape index (κ1) is 26.4. The molecule has 4 aromatic rings. The van der Waals surface area contributed by atoms with Crippen LogP contribution in [0.4, 0.5) is 0 Å². The SMILES string of the molecule is COc1ccc(-c2nnn(CC(=O)N(Cc3ccco3)[C@@H](C(=O)NC3CCCC3)c3cccs3)n2)cc1OC. The lowest BCUT2D eigenvalue weighted by molar-refractivity contribution is -0.142. The first-order valence-corrected chi connectivity index (χ1v) is 13.6. The second-order valence-corrected chi connectivity index (χ2v) is 10.2. The third-order valence-electron chi connectivity index (χ3n) is 6.67. The maximum Gasteiger partial charge on any atom is 0.248 e. The van der Waals surface area contributed by atoms with E-state index < -0.39 is 6.04 Å². The Kier molecular flexibility index (Phi) is 8.21. The third kappa shape index (κ3) is 6.11. The summed E-state index contributed by atoms with van der Waals surface area (Å²) in [6.07, 6.45) is 5.60. The highest BCUT2D eigenvalue weighted by atomic mass is 32.1. The van der Waals surface area contributed by atoms with Crippen molar-refractivity contribution < 1.29 is 23.5 Å². The summed E-state index contributed by atoms with van der Waals surface area (Å²) < 4.78 is 16.2. The van der Waals surface area contributed by atoms with Crippen LogP contribution in [0.25, 0.3) is 11.4 Å². The average molecular weight is 551 g/mol. The minimum Gasteiger partial charge on any atom is -0.493 e. The van der Waals surface area contributed by atoms with Crippen molar-refractivity contribution in [1.82, 2.24) is 30.4 Å². The van der Waals surface area contributed by atoms with E-state index in [1.807, 2.05) is 17.5 Å². The number of amides is 2. The number of nitrogens with one attached hydrogen (secondary N) is 1.